The molecule has 1 atom stereocenters. The number of nitrogens with one attached hydrogen (secondary N) is 1. The number of carbonyl (C=O) groups is 1. The van der Waals surface area contributed by atoms with Crippen LogP contribution in [0.3, 0.4) is 0 Å². The highest BCUT2D eigenvalue weighted by Gasteiger charge is 2.25. The minimum absolute atomic E-state index is 0.0107. The van der Waals surface area contributed by atoms with Crippen molar-refractivity contribution < 1.29 is 13.2 Å². The number of hydrogen-bond acceptors (Lipinski definition) is 3. The molecule has 0 bridgehead atoms. The van der Waals surface area contributed by atoms with E-state index < -0.39 is 10.0 Å². The smallest absolute Gasteiger partial charge is 0.240 e. The lowest BCUT2D eigenvalue weighted by molar-refractivity contribution is -0.120. The Hall–Kier alpha value is -1.27. The number of rotatable bonds is 6. The van der Waals surface area contributed by atoms with E-state index in [1.54, 1.807) is 13.0 Å². The summed E-state index contributed by atoms with van der Waals surface area (Å²) in [6, 6.07) is 3.52. The van der Waals surface area contributed by atoms with Crippen LogP contribution in [0.25, 0.3) is 0 Å². The summed E-state index contributed by atoms with van der Waals surface area (Å²) in [5, 5.41) is 3.08. The fraction of sp³-hybridized carbons (Fsp3) is 0.533. The number of benzene rings is 1. The summed E-state index contributed by atoms with van der Waals surface area (Å²) in [6.45, 7) is 7.18. The molecule has 0 fully saturated rings. The first kappa shape index (κ1) is 18.8. The second-order valence-electron chi connectivity index (χ2n) is 5.56. The highest BCUT2D eigenvalue weighted by molar-refractivity contribution is 7.92. The lowest BCUT2D eigenvalue weighted by Crippen LogP contribution is -2.43. The zero-order chi connectivity index (χ0) is 17.1. The van der Waals surface area contributed by atoms with Crippen LogP contribution in [-0.4, -0.2) is 33.2 Å². The van der Waals surface area contributed by atoms with Crippen LogP contribution < -0.4 is 9.62 Å². The topological polar surface area (TPSA) is 66.5 Å². The maximum atomic E-state index is 12.1. The Morgan fingerprint density at radius 3 is 2.41 bits per heavy atom. The average Bonchev–Trinajstić information content (AvgIpc) is 2.34. The van der Waals surface area contributed by atoms with Gasteiger partial charge in [0.05, 0.1) is 17.0 Å². The monoisotopic (exact) mass is 346 g/mol. The Labute approximate surface area is 137 Å². The summed E-state index contributed by atoms with van der Waals surface area (Å²) in [5.41, 5.74) is 2.00. The van der Waals surface area contributed by atoms with Crippen molar-refractivity contribution in [2.24, 2.45) is 0 Å². The number of aryl methyl sites for hydroxylation is 2. The van der Waals surface area contributed by atoms with E-state index in [0.29, 0.717) is 16.3 Å². The summed E-state index contributed by atoms with van der Waals surface area (Å²) in [4.78, 5) is 12.1. The number of hydrogen-bond donors (Lipinski definition) is 1. The molecule has 1 rings (SSSR count). The van der Waals surface area contributed by atoms with Crippen LogP contribution in [0.5, 0.6) is 0 Å². The molecule has 0 aromatic heterocycles. The summed E-state index contributed by atoms with van der Waals surface area (Å²) < 4.78 is 25.3. The Balaban J connectivity index is 3.19. The normalized spacial score (nSPS) is 12.8. The third-order valence-electron chi connectivity index (χ3n) is 3.36. The van der Waals surface area contributed by atoms with Gasteiger partial charge in [-0.05, 0) is 44.4 Å². The van der Waals surface area contributed by atoms with Crippen LogP contribution in [0, 0.1) is 13.8 Å². The largest absolute Gasteiger partial charge is 0.352 e. The zero-order valence-electron chi connectivity index (χ0n) is 13.6. The van der Waals surface area contributed by atoms with Crippen molar-refractivity contribution in [1.29, 1.82) is 0 Å². The first-order valence-electron chi connectivity index (χ1n) is 7.10. The summed E-state index contributed by atoms with van der Waals surface area (Å²) >= 11 is 6.21. The Morgan fingerprint density at radius 2 is 1.95 bits per heavy atom. The molecular formula is C15H23ClN2O3S. The Kier molecular flexibility index (Phi) is 6.26. The molecule has 1 unspecified atom stereocenters. The molecule has 1 aromatic rings. The standard InChI is InChI=1S/C15H23ClN2O3S/c1-6-12(4)17-14(19)9-18(22(5,20)21)15-11(3)7-10(2)8-13(15)16/h7-8,12H,6,9H2,1-5H3,(H,17,19). The van der Waals surface area contributed by atoms with Crippen molar-refractivity contribution in [1.82, 2.24) is 5.32 Å². The highest BCUT2D eigenvalue weighted by Crippen LogP contribution is 2.32. The van der Waals surface area contributed by atoms with Crippen LogP contribution >= 0.6 is 11.6 Å². The number of halogens is 1. The quantitative estimate of drug-likeness (QED) is 0.861. The summed E-state index contributed by atoms with van der Waals surface area (Å²) in [6.07, 6.45) is 1.84. The van der Waals surface area contributed by atoms with Gasteiger partial charge in [0.25, 0.3) is 0 Å². The molecular weight excluding hydrogens is 324 g/mol. The van der Waals surface area contributed by atoms with Gasteiger partial charge in [-0.1, -0.05) is 24.6 Å². The molecule has 1 aromatic carbocycles. The molecule has 0 spiro atoms. The van der Waals surface area contributed by atoms with Crippen molar-refractivity contribution >= 4 is 33.2 Å². The van der Waals surface area contributed by atoms with Gasteiger partial charge in [0.2, 0.25) is 15.9 Å². The fourth-order valence-corrected chi connectivity index (χ4v) is 3.54. The SMILES string of the molecule is CCC(C)NC(=O)CN(c1c(C)cc(C)cc1Cl)S(C)(=O)=O. The van der Waals surface area contributed by atoms with E-state index in [2.05, 4.69) is 5.32 Å². The number of anilines is 1. The maximum absolute atomic E-state index is 12.1. The van der Waals surface area contributed by atoms with Gasteiger partial charge in [-0.2, -0.15) is 0 Å². The van der Waals surface area contributed by atoms with Crippen molar-refractivity contribution in [2.45, 2.75) is 40.2 Å². The number of carbonyl (C=O) groups excluding carboxylic acids is 1. The minimum atomic E-state index is -3.63. The lowest BCUT2D eigenvalue weighted by atomic mass is 10.1. The van der Waals surface area contributed by atoms with E-state index in [1.165, 1.54) is 0 Å². The van der Waals surface area contributed by atoms with Crippen molar-refractivity contribution in [2.75, 3.05) is 17.1 Å². The van der Waals surface area contributed by atoms with Gasteiger partial charge in [0, 0.05) is 6.04 Å². The number of nitrogens with zero attached hydrogens (tertiary/aromatic N) is 1. The van der Waals surface area contributed by atoms with E-state index in [9.17, 15) is 13.2 Å². The van der Waals surface area contributed by atoms with Crippen LogP contribution in [0.15, 0.2) is 12.1 Å². The van der Waals surface area contributed by atoms with Crippen molar-refractivity contribution in [3.05, 3.63) is 28.3 Å². The third-order valence-corrected chi connectivity index (χ3v) is 4.76. The number of amides is 1. The average molecular weight is 347 g/mol. The Bertz CT molecular complexity index is 636. The third kappa shape index (κ3) is 4.88. The number of sulfonamides is 1. The predicted octanol–water partition coefficient (Wildman–Crippen LogP) is 2.64. The van der Waals surface area contributed by atoms with E-state index in [1.807, 2.05) is 26.8 Å². The first-order chi connectivity index (χ1) is 10.1. The molecule has 5 nitrogen and oxygen atoms in total. The van der Waals surface area contributed by atoms with Gasteiger partial charge in [-0.3, -0.25) is 9.10 Å². The van der Waals surface area contributed by atoms with E-state index >= 15 is 0 Å². The summed E-state index contributed by atoms with van der Waals surface area (Å²) in [5.74, 6) is -0.351. The molecule has 0 radical (unpaired) electrons. The van der Waals surface area contributed by atoms with Gasteiger partial charge < -0.3 is 5.32 Å². The van der Waals surface area contributed by atoms with Crippen molar-refractivity contribution in [3.8, 4) is 0 Å². The molecule has 7 heteroatoms. The van der Waals surface area contributed by atoms with E-state index in [-0.39, 0.29) is 18.5 Å². The molecule has 0 heterocycles. The van der Waals surface area contributed by atoms with Gasteiger partial charge in [-0.15, -0.1) is 0 Å². The maximum Gasteiger partial charge on any atom is 0.240 e. The summed E-state index contributed by atoms with van der Waals surface area (Å²) in [7, 11) is -3.63. The zero-order valence-corrected chi connectivity index (χ0v) is 15.2. The van der Waals surface area contributed by atoms with Crippen LogP contribution in [0.2, 0.25) is 5.02 Å². The molecule has 0 aliphatic carbocycles. The highest BCUT2D eigenvalue weighted by atomic mass is 35.5. The van der Waals surface area contributed by atoms with E-state index in [0.717, 1.165) is 22.5 Å². The van der Waals surface area contributed by atoms with Gasteiger partial charge in [-0.25, -0.2) is 8.42 Å². The van der Waals surface area contributed by atoms with Crippen molar-refractivity contribution in [3.63, 3.8) is 0 Å². The van der Waals surface area contributed by atoms with Gasteiger partial charge >= 0.3 is 0 Å². The van der Waals surface area contributed by atoms with E-state index in [4.69, 9.17) is 11.6 Å². The molecule has 0 saturated carbocycles. The fourth-order valence-electron chi connectivity index (χ4n) is 2.14. The minimum Gasteiger partial charge on any atom is -0.352 e. The molecule has 1 N–H and O–H groups in total. The molecule has 0 aliphatic rings. The lowest BCUT2D eigenvalue weighted by Gasteiger charge is -2.25. The predicted molar refractivity (Wildman–Crippen MR) is 91.0 cm³/mol. The van der Waals surface area contributed by atoms with Crippen LogP contribution in [-0.2, 0) is 14.8 Å². The Morgan fingerprint density at radius 1 is 1.36 bits per heavy atom. The van der Waals surface area contributed by atoms with Crippen LogP contribution in [0.1, 0.15) is 31.4 Å². The molecule has 22 heavy (non-hydrogen) atoms. The first-order valence-corrected chi connectivity index (χ1v) is 9.32. The second-order valence-corrected chi connectivity index (χ2v) is 7.87. The van der Waals surface area contributed by atoms with Crippen LogP contribution in [0.4, 0.5) is 5.69 Å². The van der Waals surface area contributed by atoms with Gasteiger partial charge in [0.1, 0.15) is 6.54 Å². The second kappa shape index (κ2) is 7.33. The van der Waals surface area contributed by atoms with Gasteiger partial charge in [0.15, 0.2) is 0 Å². The molecule has 0 aliphatic heterocycles. The molecule has 124 valence electrons. The molecule has 1 amide bonds. The molecule has 0 saturated heterocycles.